The molecule has 0 aliphatic carbocycles. The Morgan fingerprint density at radius 2 is 1.94 bits per heavy atom. The molecule has 1 aromatic carbocycles. The lowest BCUT2D eigenvalue weighted by atomic mass is 10.1. The highest BCUT2D eigenvalue weighted by Gasteiger charge is 2.11. The van der Waals surface area contributed by atoms with Gasteiger partial charge in [0.25, 0.3) is 0 Å². The van der Waals surface area contributed by atoms with Gasteiger partial charge in [-0.3, -0.25) is 0 Å². The highest BCUT2D eigenvalue weighted by atomic mass is 16.5. The van der Waals surface area contributed by atoms with Crippen LogP contribution in [0.3, 0.4) is 0 Å². The lowest BCUT2D eigenvalue weighted by molar-refractivity contribution is 0.321. The maximum Gasteiger partial charge on any atom is 0.168 e. The van der Waals surface area contributed by atoms with E-state index in [2.05, 4.69) is 40.6 Å². The third kappa shape index (κ3) is 2.45. The second-order valence-electron chi connectivity index (χ2n) is 4.45. The van der Waals surface area contributed by atoms with Crippen molar-refractivity contribution < 1.29 is 4.74 Å². The number of anilines is 1. The number of pyridine rings is 1. The topological polar surface area (TPSA) is 34.1 Å². The van der Waals surface area contributed by atoms with Crippen LogP contribution in [0.15, 0.2) is 42.6 Å². The minimum atomic E-state index is 0.719. The van der Waals surface area contributed by atoms with Crippen LogP contribution in [0.25, 0.3) is 0 Å². The van der Waals surface area contributed by atoms with Crippen LogP contribution in [0.4, 0.5) is 5.82 Å². The highest BCUT2D eigenvalue weighted by molar-refractivity contribution is 5.52. The van der Waals surface area contributed by atoms with Crippen LogP contribution in [0.1, 0.15) is 11.1 Å². The molecule has 2 aromatic rings. The maximum absolute atomic E-state index is 5.59. The summed E-state index contributed by atoms with van der Waals surface area (Å²) in [5.74, 6) is 1.75. The zero-order valence-corrected chi connectivity index (χ0v) is 10.2. The average molecular weight is 240 g/mol. The number of aryl methyl sites for hydroxylation is 2. The van der Waals surface area contributed by atoms with E-state index in [0.29, 0.717) is 0 Å². The molecule has 0 spiro atoms. The molecular formula is C15H16N2O. The predicted octanol–water partition coefficient (Wildman–Crippen LogP) is 2.67. The van der Waals surface area contributed by atoms with Crippen LogP contribution in [-0.4, -0.2) is 18.1 Å². The molecule has 1 aromatic heterocycles. The summed E-state index contributed by atoms with van der Waals surface area (Å²) in [4.78, 5) is 4.40. The Balaban J connectivity index is 1.70. The smallest absolute Gasteiger partial charge is 0.168 e. The van der Waals surface area contributed by atoms with Gasteiger partial charge < -0.3 is 10.1 Å². The predicted molar refractivity (Wildman–Crippen MR) is 72.1 cm³/mol. The lowest BCUT2D eigenvalue weighted by Crippen LogP contribution is -2.19. The number of nitrogens with zero attached hydrogens (tertiary/aromatic N) is 1. The van der Waals surface area contributed by atoms with Crippen molar-refractivity contribution in [3.8, 4) is 5.75 Å². The van der Waals surface area contributed by atoms with Crippen LogP contribution in [0.5, 0.6) is 5.75 Å². The van der Waals surface area contributed by atoms with Gasteiger partial charge in [0.2, 0.25) is 0 Å². The van der Waals surface area contributed by atoms with Gasteiger partial charge >= 0.3 is 0 Å². The molecule has 0 amide bonds. The summed E-state index contributed by atoms with van der Waals surface area (Å²) in [7, 11) is 0. The van der Waals surface area contributed by atoms with E-state index in [-0.39, 0.29) is 0 Å². The Labute approximate surface area is 107 Å². The molecule has 0 radical (unpaired) electrons. The first kappa shape index (κ1) is 11.1. The van der Waals surface area contributed by atoms with Crippen molar-refractivity contribution in [3.63, 3.8) is 0 Å². The van der Waals surface area contributed by atoms with Gasteiger partial charge in [0.05, 0.1) is 6.54 Å². The summed E-state index contributed by atoms with van der Waals surface area (Å²) < 4.78 is 5.59. The second kappa shape index (κ2) is 5.08. The summed E-state index contributed by atoms with van der Waals surface area (Å²) >= 11 is 0. The zero-order chi connectivity index (χ0) is 12.2. The summed E-state index contributed by atoms with van der Waals surface area (Å²) in [5.41, 5.74) is 2.58. The molecule has 1 N–H and O–H groups in total. The molecule has 0 saturated carbocycles. The molecule has 0 bridgehead atoms. The Morgan fingerprint density at radius 1 is 1.11 bits per heavy atom. The van der Waals surface area contributed by atoms with Crippen LogP contribution in [0.2, 0.25) is 0 Å². The molecular weight excluding hydrogens is 224 g/mol. The normalized spacial score (nSPS) is 13.3. The number of aromatic nitrogens is 1. The van der Waals surface area contributed by atoms with E-state index in [4.69, 9.17) is 4.74 Å². The summed E-state index contributed by atoms with van der Waals surface area (Å²) in [6, 6.07) is 12.6. The fraction of sp³-hybridized carbons (Fsp3) is 0.267. The molecule has 1 aliphatic rings. The number of nitrogens with one attached hydrogen (secondary N) is 1. The number of hydrogen-bond acceptors (Lipinski definition) is 3. The van der Waals surface area contributed by atoms with E-state index in [1.165, 1.54) is 11.1 Å². The van der Waals surface area contributed by atoms with Gasteiger partial charge in [-0.15, -0.1) is 0 Å². The molecule has 0 atom stereocenters. The molecule has 3 rings (SSSR count). The molecule has 3 nitrogen and oxygen atoms in total. The standard InChI is InChI=1S/C15H16N2O/c1-2-4-12(5-3-1)6-7-13-10-14-15(17-11-13)16-8-9-18-14/h1-5,10-11H,6-9H2,(H,16,17). The Kier molecular flexibility index (Phi) is 3.13. The third-order valence-corrected chi connectivity index (χ3v) is 3.11. The zero-order valence-electron chi connectivity index (χ0n) is 10.2. The fourth-order valence-corrected chi connectivity index (χ4v) is 2.13. The van der Waals surface area contributed by atoms with Gasteiger partial charge in [-0.05, 0) is 30.0 Å². The Morgan fingerprint density at radius 3 is 2.83 bits per heavy atom. The van der Waals surface area contributed by atoms with Crippen molar-refractivity contribution in [2.75, 3.05) is 18.5 Å². The van der Waals surface area contributed by atoms with Gasteiger partial charge in [-0.1, -0.05) is 30.3 Å². The minimum absolute atomic E-state index is 0.719. The minimum Gasteiger partial charge on any atom is -0.488 e. The van der Waals surface area contributed by atoms with Crippen molar-refractivity contribution in [1.82, 2.24) is 4.98 Å². The van der Waals surface area contributed by atoms with Crippen molar-refractivity contribution in [2.45, 2.75) is 12.8 Å². The summed E-state index contributed by atoms with van der Waals surface area (Å²) in [6.07, 6.45) is 3.96. The molecule has 3 heteroatoms. The van der Waals surface area contributed by atoms with Crippen molar-refractivity contribution in [3.05, 3.63) is 53.7 Å². The van der Waals surface area contributed by atoms with Crippen molar-refractivity contribution in [2.24, 2.45) is 0 Å². The van der Waals surface area contributed by atoms with E-state index in [9.17, 15) is 0 Å². The molecule has 0 fully saturated rings. The number of hydrogen-bond donors (Lipinski definition) is 1. The van der Waals surface area contributed by atoms with E-state index in [1.54, 1.807) is 0 Å². The first-order chi connectivity index (χ1) is 8.92. The van der Waals surface area contributed by atoms with Gasteiger partial charge in [-0.25, -0.2) is 4.98 Å². The van der Waals surface area contributed by atoms with Crippen LogP contribution >= 0.6 is 0 Å². The monoisotopic (exact) mass is 240 g/mol. The first-order valence-corrected chi connectivity index (χ1v) is 6.31. The fourth-order valence-electron chi connectivity index (χ4n) is 2.13. The first-order valence-electron chi connectivity index (χ1n) is 6.31. The number of fused-ring (bicyclic) bond motifs is 1. The van der Waals surface area contributed by atoms with Gasteiger partial charge in [0, 0.05) is 6.20 Å². The van der Waals surface area contributed by atoms with Gasteiger partial charge in [0.15, 0.2) is 11.6 Å². The second-order valence-corrected chi connectivity index (χ2v) is 4.45. The van der Waals surface area contributed by atoms with E-state index < -0.39 is 0 Å². The third-order valence-electron chi connectivity index (χ3n) is 3.11. The largest absolute Gasteiger partial charge is 0.488 e. The van der Waals surface area contributed by atoms with E-state index in [1.807, 2.05) is 12.3 Å². The van der Waals surface area contributed by atoms with Gasteiger partial charge in [-0.2, -0.15) is 0 Å². The average Bonchev–Trinajstić information content (AvgIpc) is 2.46. The highest BCUT2D eigenvalue weighted by Crippen LogP contribution is 2.25. The SMILES string of the molecule is c1ccc(CCc2cnc3c(c2)OCCN3)cc1. The molecule has 18 heavy (non-hydrogen) atoms. The number of benzene rings is 1. The van der Waals surface area contributed by atoms with Crippen molar-refractivity contribution >= 4 is 5.82 Å². The molecule has 92 valence electrons. The molecule has 1 aliphatic heterocycles. The van der Waals surface area contributed by atoms with E-state index >= 15 is 0 Å². The molecule has 2 heterocycles. The maximum atomic E-state index is 5.59. The van der Waals surface area contributed by atoms with Crippen LogP contribution in [-0.2, 0) is 12.8 Å². The van der Waals surface area contributed by atoms with Crippen LogP contribution < -0.4 is 10.1 Å². The number of ether oxygens (including phenoxy) is 1. The van der Waals surface area contributed by atoms with E-state index in [0.717, 1.165) is 37.6 Å². The van der Waals surface area contributed by atoms with Gasteiger partial charge in [0.1, 0.15) is 6.61 Å². The summed E-state index contributed by atoms with van der Waals surface area (Å²) in [5, 5.41) is 3.23. The van der Waals surface area contributed by atoms with Crippen molar-refractivity contribution in [1.29, 1.82) is 0 Å². The quantitative estimate of drug-likeness (QED) is 0.895. The lowest BCUT2D eigenvalue weighted by Gasteiger charge is -2.18. The van der Waals surface area contributed by atoms with Crippen LogP contribution in [0, 0.1) is 0 Å². The molecule has 0 saturated heterocycles. The Bertz CT molecular complexity index is 525. The molecule has 0 unspecified atom stereocenters. The Hall–Kier alpha value is -2.03. The number of rotatable bonds is 3. The summed E-state index contributed by atoms with van der Waals surface area (Å²) in [6.45, 7) is 1.56.